The number of carbonyl (C=O) groups excluding carboxylic acids is 1. The lowest BCUT2D eigenvalue weighted by Crippen LogP contribution is -2.29. The molecule has 0 aliphatic carbocycles. The summed E-state index contributed by atoms with van der Waals surface area (Å²) in [4.78, 5) is 25.0. The predicted octanol–water partition coefficient (Wildman–Crippen LogP) is 2.50. The van der Waals surface area contributed by atoms with Gasteiger partial charge < -0.3 is 14.4 Å². The van der Waals surface area contributed by atoms with Crippen LogP contribution in [0.2, 0.25) is 0 Å². The molecule has 1 aliphatic rings. The fourth-order valence-electron chi connectivity index (χ4n) is 2.61. The maximum Gasteiger partial charge on any atom is 0.335 e. The maximum atomic E-state index is 12.3. The quantitative estimate of drug-likeness (QED) is 0.937. The number of fused-ring (bicyclic) bond motifs is 1. The van der Waals surface area contributed by atoms with Gasteiger partial charge in [-0.15, -0.1) is 0 Å². The molecule has 5 nitrogen and oxygen atoms in total. The number of benzene rings is 1. The average molecular weight is 285 g/mol. The number of aromatic carboxylic acids is 1. The highest BCUT2D eigenvalue weighted by Crippen LogP contribution is 2.29. The van der Waals surface area contributed by atoms with Crippen LogP contribution in [0.5, 0.6) is 0 Å². The first-order chi connectivity index (χ1) is 10.1. The van der Waals surface area contributed by atoms with Crippen LogP contribution in [-0.2, 0) is 17.6 Å². The van der Waals surface area contributed by atoms with Crippen molar-refractivity contribution in [3.8, 4) is 0 Å². The van der Waals surface area contributed by atoms with E-state index < -0.39 is 5.97 Å². The normalized spacial score (nSPS) is 13.2. The van der Waals surface area contributed by atoms with E-state index in [1.165, 1.54) is 0 Å². The highest BCUT2D eigenvalue weighted by Gasteiger charge is 2.25. The van der Waals surface area contributed by atoms with Crippen molar-refractivity contribution >= 4 is 17.6 Å². The van der Waals surface area contributed by atoms with Crippen LogP contribution < -0.4 is 4.90 Å². The first-order valence-corrected chi connectivity index (χ1v) is 6.84. The molecule has 0 spiro atoms. The Bertz CT molecular complexity index is 676. The van der Waals surface area contributed by atoms with Gasteiger partial charge in [-0.25, -0.2) is 4.79 Å². The fourth-order valence-corrected chi connectivity index (χ4v) is 2.61. The summed E-state index contributed by atoms with van der Waals surface area (Å²) in [6, 6.07) is 8.57. The maximum absolute atomic E-state index is 12.3. The van der Waals surface area contributed by atoms with Crippen LogP contribution in [0.15, 0.2) is 41.0 Å². The number of nitrogens with zero attached hydrogens (tertiary/aromatic N) is 1. The Hall–Kier alpha value is -2.56. The number of hydrogen-bond acceptors (Lipinski definition) is 3. The first kappa shape index (κ1) is 13.4. The Morgan fingerprint density at radius 1 is 1.29 bits per heavy atom. The molecule has 1 amide bonds. The number of anilines is 1. The number of furan rings is 1. The summed E-state index contributed by atoms with van der Waals surface area (Å²) in [7, 11) is 0. The summed E-state index contributed by atoms with van der Waals surface area (Å²) >= 11 is 0. The minimum absolute atomic E-state index is 0.0354. The van der Waals surface area contributed by atoms with E-state index >= 15 is 0 Å². The Morgan fingerprint density at radius 3 is 2.86 bits per heavy atom. The summed E-state index contributed by atoms with van der Waals surface area (Å²) in [5.74, 6) is -0.113. The molecule has 2 heterocycles. The molecule has 1 aromatic heterocycles. The Kier molecular flexibility index (Phi) is 3.48. The second-order valence-corrected chi connectivity index (χ2v) is 5.02. The third-order valence-electron chi connectivity index (χ3n) is 3.69. The lowest BCUT2D eigenvalue weighted by Gasteiger charge is -2.17. The minimum atomic E-state index is -0.944. The van der Waals surface area contributed by atoms with Crippen LogP contribution in [0.4, 0.5) is 5.69 Å². The Balaban J connectivity index is 1.71. The lowest BCUT2D eigenvalue weighted by atomic mass is 10.1. The van der Waals surface area contributed by atoms with Gasteiger partial charge in [-0.2, -0.15) is 0 Å². The largest absolute Gasteiger partial charge is 0.478 e. The van der Waals surface area contributed by atoms with Gasteiger partial charge in [-0.3, -0.25) is 4.79 Å². The SMILES string of the molecule is O=C(O)c1ccc2c(c1)CCN2C(=O)CCc1ccco1. The summed E-state index contributed by atoms with van der Waals surface area (Å²) < 4.78 is 5.22. The van der Waals surface area contributed by atoms with Crippen molar-refractivity contribution in [2.45, 2.75) is 19.3 Å². The van der Waals surface area contributed by atoms with Gasteiger partial charge in [0.05, 0.1) is 11.8 Å². The molecule has 108 valence electrons. The highest BCUT2D eigenvalue weighted by molar-refractivity contribution is 5.97. The number of carboxylic acid groups (broad SMARTS) is 1. The fraction of sp³-hybridized carbons (Fsp3) is 0.250. The number of aryl methyl sites for hydroxylation is 1. The van der Waals surface area contributed by atoms with E-state index in [4.69, 9.17) is 9.52 Å². The van der Waals surface area contributed by atoms with E-state index in [0.717, 1.165) is 17.0 Å². The van der Waals surface area contributed by atoms with Crippen molar-refractivity contribution in [2.24, 2.45) is 0 Å². The van der Waals surface area contributed by atoms with E-state index in [0.29, 0.717) is 25.8 Å². The molecule has 1 aliphatic heterocycles. The Morgan fingerprint density at radius 2 is 2.14 bits per heavy atom. The topological polar surface area (TPSA) is 70.8 Å². The molecule has 0 unspecified atom stereocenters. The van der Waals surface area contributed by atoms with Gasteiger partial charge in [0.1, 0.15) is 5.76 Å². The molecule has 2 aromatic rings. The van der Waals surface area contributed by atoms with Crippen molar-refractivity contribution in [3.63, 3.8) is 0 Å². The zero-order chi connectivity index (χ0) is 14.8. The lowest BCUT2D eigenvalue weighted by molar-refractivity contribution is -0.118. The number of carbonyl (C=O) groups is 2. The van der Waals surface area contributed by atoms with Crippen molar-refractivity contribution in [2.75, 3.05) is 11.4 Å². The van der Waals surface area contributed by atoms with Crippen LogP contribution in [0.1, 0.15) is 28.1 Å². The van der Waals surface area contributed by atoms with Crippen LogP contribution >= 0.6 is 0 Å². The van der Waals surface area contributed by atoms with Gasteiger partial charge in [0.25, 0.3) is 0 Å². The van der Waals surface area contributed by atoms with Crippen LogP contribution in [0.25, 0.3) is 0 Å². The Labute approximate surface area is 121 Å². The minimum Gasteiger partial charge on any atom is -0.478 e. The van der Waals surface area contributed by atoms with Crippen LogP contribution in [0, 0.1) is 0 Å². The molecule has 0 radical (unpaired) electrons. The van der Waals surface area contributed by atoms with Crippen LogP contribution in [0.3, 0.4) is 0 Å². The molecule has 0 bridgehead atoms. The monoisotopic (exact) mass is 285 g/mol. The van der Waals surface area contributed by atoms with Gasteiger partial charge in [0.2, 0.25) is 5.91 Å². The van der Waals surface area contributed by atoms with Gasteiger partial charge in [0.15, 0.2) is 0 Å². The molecule has 0 fully saturated rings. The molecule has 1 aromatic carbocycles. The molecule has 0 saturated heterocycles. The smallest absolute Gasteiger partial charge is 0.335 e. The molecule has 0 saturated carbocycles. The number of rotatable bonds is 4. The van der Waals surface area contributed by atoms with Crippen molar-refractivity contribution in [1.29, 1.82) is 0 Å². The second-order valence-electron chi connectivity index (χ2n) is 5.02. The molecule has 5 heteroatoms. The molecular weight excluding hydrogens is 270 g/mol. The third kappa shape index (κ3) is 2.67. The summed E-state index contributed by atoms with van der Waals surface area (Å²) in [5.41, 5.74) is 2.00. The third-order valence-corrected chi connectivity index (χ3v) is 3.69. The zero-order valence-electron chi connectivity index (χ0n) is 11.4. The summed E-state index contributed by atoms with van der Waals surface area (Å²) in [6.45, 7) is 0.607. The van der Waals surface area contributed by atoms with E-state index in [9.17, 15) is 9.59 Å². The van der Waals surface area contributed by atoms with Crippen molar-refractivity contribution in [1.82, 2.24) is 0 Å². The summed E-state index contributed by atoms with van der Waals surface area (Å²) in [5, 5.41) is 8.99. The second kappa shape index (κ2) is 5.44. The van der Waals surface area contributed by atoms with Gasteiger partial charge >= 0.3 is 5.97 Å². The average Bonchev–Trinajstić information content (AvgIpc) is 3.13. The van der Waals surface area contributed by atoms with Gasteiger partial charge in [-0.1, -0.05) is 0 Å². The molecule has 1 N–H and O–H groups in total. The van der Waals surface area contributed by atoms with Gasteiger partial charge in [-0.05, 0) is 42.3 Å². The zero-order valence-corrected chi connectivity index (χ0v) is 11.4. The highest BCUT2D eigenvalue weighted by atomic mass is 16.4. The van der Waals surface area contributed by atoms with E-state index in [1.807, 2.05) is 6.07 Å². The van der Waals surface area contributed by atoms with Crippen LogP contribution in [-0.4, -0.2) is 23.5 Å². The van der Waals surface area contributed by atoms with Gasteiger partial charge in [0, 0.05) is 25.1 Å². The molecular formula is C16H15NO4. The molecule has 3 rings (SSSR count). The predicted molar refractivity (Wildman–Crippen MR) is 76.5 cm³/mol. The van der Waals surface area contributed by atoms with Crippen molar-refractivity contribution in [3.05, 3.63) is 53.5 Å². The number of hydrogen-bond donors (Lipinski definition) is 1. The summed E-state index contributed by atoms with van der Waals surface area (Å²) in [6.07, 6.45) is 3.25. The molecule has 21 heavy (non-hydrogen) atoms. The van der Waals surface area contributed by atoms with E-state index in [1.54, 1.807) is 35.4 Å². The number of amides is 1. The number of carboxylic acids is 1. The van der Waals surface area contributed by atoms with E-state index in [2.05, 4.69) is 0 Å². The van der Waals surface area contributed by atoms with Crippen molar-refractivity contribution < 1.29 is 19.1 Å². The van der Waals surface area contributed by atoms with E-state index in [-0.39, 0.29) is 11.5 Å². The molecule has 0 atom stereocenters. The first-order valence-electron chi connectivity index (χ1n) is 6.84. The standard InChI is InChI=1S/C16H15NO4/c18-15(6-4-13-2-1-9-21-13)17-8-7-11-10-12(16(19)20)3-5-14(11)17/h1-3,5,9-10H,4,6-8H2,(H,19,20).